The first-order valence-corrected chi connectivity index (χ1v) is 6.58. The Kier molecular flexibility index (Phi) is 4.71. The molecule has 1 aromatic carbocycles. The van der Waals surface area contributed by atoms with Gasteiger partial charge in [-0.15, -0.1) is 0 Å². The van der Waals surface area contributed by atoms with Gasteiger partial charge in [-0.2, -0.15) is 0 Å². The van der Waals surface area contributed by atoms with Crippen LogP contribution in [0.15, 0.2) is 42.7 Å². The minimum Gasteiger partial charge on any atom is -0.496 e. The molecular formula is C16H18N2O2. The highest BCUT2D eigenvalue weighted by atomic mass is 16.5. The smallest absolute Gasteiger partial charge is 0.255 e. The fraction of sp³-hybridized carbons (Fsp3) is 0.250. The number of carbonyl (C=O) groups is 1. The zero-order valence-corrected chi connectivity index (χ0v) is 11.7. The van der Waals surface area contributed by atoms with Gasteiger partial charge in [-0.05, 0) is 41.8 Å². The molecule has 0 spiro atoms. The first kappa shape index (κ1) is 14.1. The molecule has 0 aliphatic rings. The Morgan fingerprint density at radius 2 is 1.95 bits per heavy atom. The number of carbonyl (C=O) groups excluding carboxylic acids is 1. The average molecular weight is 270 g/mol. The Bertz CT molecular complexity index is 582. The molecule has 0 bridgehead atoms. The van der Waals surface area contributed by atoms with Gasteiger partial charge in [0.2, 0.25) is 0 Å². The van der Waals surface area contributed by atoms with E-state index in [2.05, 4.69) is 17.2 Å². The molecule has 2 rings (SSSR count). The molecule has 0 aliphatic carbocycles. The molecule has 0 fully saturated rings. The summed E-state index contributed by atoms with van der Waals surface area (Å²) in [5.41, 5.74) is 2.69. The second kappa shape index (κ2) is 6.70. The van der Waals surface area contributed by atoms with Crippen LogP contribution in [-0.2, 0) is 13.0 Å². The van der Waals surface area contributed by atoms with E-state index in [1.807, 2.05) is 30.3 Å². The Morgan fingerprint density at radius 1 is 1.20 bits per heavy atom. The number of aromatic nitrogens is 1. The number of hydrogen-bond donors (Lipinski definition) is 1. The van der Waals surface area contributed by atoms with E-state index in [0.29, 0.717) is 17.9 Å². The van der Waals surface area contributed by atoms with Gasteiger partial charge in [-0.3, -0.25) is 9.78 Å². The molecule has 0 atom stereocenters. The van der Waals surface area contributed by atoms with Crippen LogP contribution in [0.25, 0.3) is 0 Å². The number of hydrogen-bond acceptors (Lipinski definition) is 3. The third-order valence-corrected chi connectivity index (χ3v) is 3.12. The predicted octanol–water partition coefficient (Wildman–Crippen LogP) is 2.58. The molecule has 4 heteroatoms. The van der Waals surface area contributed by atoms with Crippen molar-refractivity contribution in [1.82, 2.24) is 10.3 Å². The molecule has 1 aromatic heterocycles. The lowest BCUT2D eigenvalue weighted by Crippen LogP contribution is -2.23. The molecule has 0 saturated heterocycles. The number of benzene rings is 1. The minimum absolute atomic E-state index is 0.131. The van der Waals surface area contributed by atoms with Crippen LogP contribution < -0.4 is 10.1 Å². The Hall–Kier alpha value is -2.36. The number of methoxy groups -OCH3 is 1. The maximum absolute atomic E-state index is 12.3. The minimum atomic E-state index is -0.131. The van der Waals surface area contributed by atoms with Gasteiger partial charge < -0.3 is 10.1 Å². The van der Waals surface area contributed by atoms with E-state index < -0.39 is 0 Å². The summed E-state index contributed by atoms with van der Waals surface area (Å²) in [6.45, 7) is 2.53. The second-order valence-corrected chi connectivity index (χ2v) is 4.43. The quantitative estimate of drug-likeness (QED) is 0.908. The van der Waals surface area contributed by atoms with E-state index in [1.54, 1.807) is 19.5 Å². The van der Waals surface area contributed by atoms with Gasteiger partial charge in [0.1, 0.15) is 5.75 Å². The normalized spacial score (nSPS) is 10.1. The summed E-state index contributed by atoms with van der Waals surface area (Å²) in [4.78, 5) is 16.2. The van der Waals surface area contributed by atoms with Crippen molar-refractivity contribution in [3.63, 3.8) is 0 Å². The fourth-order valence-corrected chi connectivity index (χ4v) is 1.93. The van der Waals surface area contributed by atoms with Gasteiger partial charge in [0.05, 0.1) is 12.7 Å². The Balaban J connectivity index is 2.12. The van der Waals surface area contributed by atoms with Gasteiger partial charge in [-0.25, -0.2) is 0 Å². The highest BCUT2D eigenvalue weighted by Gasteiger charge is 2.12. The molecule has 1 amide bonds. The van der Waals surface area contributed by atoms with Crippen molar-refractivity contribution in [2.45, 2.75) is 19.9 Å². The Morgan fingerprint density at radius 3 is 2.60 bits per heavy atom. The van der Waals surface area contributed by atoms with Crippen molar-refractivity contribution in [2.24, 2.45) is 0 Å². The standard InChI is InChI=1S/C16H18N2O2/c1-3-12-4-5-15(20-2)14(10-12)16(19)18-11-13-6-8-17-9-7-13/h4-10H,3,11H2,1-2H3,(H,18,19). The zero-order valence-electron chi connectivity index (χ0n) is 11.7. The topological polar surface area (TPSA) is 51.2 Å². The molecule has 0 unspecified atom stereocenters. The highest BCUT2D eigenvalue weighted by molar-refractivity contribution is 5.97. The highest BCUT2D eigenvalue weighted by Crippen LogP contribution is 2.20. The maximum Gasteiger partial charge on any atom is 0.255 e. The molecular weight excluding hydrogens is 252 g/mol. The SMILES string of the molecule is CCc1ccc(OC)c(C(=O)NCc2ccncc2)c1. The van der Waals surface area contributed by atoms with E-state index in [0.717, 1.165) is 17.5 Å². The summed E-state index contributed by atoms with van der Waals surface area (Å²) >= 11 is 0. The second-order valence-electron chi connectivity index (χ2n) is 4.43. The van der Waals surface area contributed by atoms with Gasteiger partial charge in [0, 0.05) is 18.9 Å². The number of pyridine rings is 1. The number of amides is 1. The molecule has 1 N–H and O–H groups in total. The van der Waals surface area contributed by atoms with Crippen LogP contribution in [0, 0.1) is 0 Å². The van der Waals surface area contributed by atoms with E-state index in [9.17, 15) is 4.79 Å². The number of aryl methyl sites for hydroxylation is 1. The fourth-order valence-electron chi connectivity index (χ4n) is 1.93. The third-order valence-electron chi connectivity index (χ3n) is 3.12. The summed E-state index contributed by atoms with van der Waals surface area (Å²) < 4.78 is 5.25. The Labute approximate surface area is 118 Å². The summed E-state index contributed by atoms with van der Waals surface area (Å²) in [7, 11) is 1.57. The summed E-state index contributed by atoms with van der Waals surface area (Å²) in [5.74, 6) is 0.461. The predicted molar refractivity (Wildman–Crippen MR) is 77.8 cm³/mol. The van der Waals surface area contributed by atoms with Crippen molar-refractivity contribution in [3.8, 4) is 5.75 Å². The number of ether oxygens (including phenoxy) is 1. The van der Waals surface area contributed by atoms with Crippen LogP contribution in [-0.4, -0.2) is 18.0 Å². The summed E-state index contributed by atoms with van der Waals surface area (Å²) in [6.07, 6.45) is 4.30. The van der Waals surface area contributed by atoms with Crippen LogP contribution in [0.1, 0.15) is 28.4 Å². The van der Waals surface area contributed by atoms with Gasteiger partial charge in [0.25, 0.3) is 5.91 Å². The zero-order chi connectivity index (χ0) is 14.4. The van der Waals surface area contributed by atoms with Crippen molar-refractivity contribution in [1.29, 1.82) is 0 Å². The molecule has 0 radical (unpaired) electrons. The number of rotatable bonds is 5. The molecule has 0 aliphatic heterocycles. The van der Waals surface area contributed by atoms with Crippen molar-refractivity contribution < 1.29 is 9.53 Å². The van der Waals surface area contributed by atoms with Crippen LogP contribution in [0.4, 0.5) is 0 Å². The summed E-state index contributed by atoms with van der Waals surface area (Å²) in [5, 5.41) is 2.89. The van der Waals surface area contributed by atoms with E-state index in [-0.39, 0.29) is 5.91 Å². The van der Waals surface area contributed by atoms with Crippen molar-refractivity contribution >= 4 is 5.91 Å². The van der Waals surface area contributed by atoms with Crippen LogP contribution in [0.3, 0.4) is 0 Å². The molecule has 4 nitrogen and oxygen atoms in total. The first-order chi connectivity index (χ1) is 9.74. The van der Waals surface area contributed by atoms with E-state index in [4.69, 9.17) is 4.74 Å². The largest absolute Gasteiger partial charge is 0.496 e. The number of nitrogens with one attached hydrogen (secondary N) is 1. The molecule has 1 heterocycles. The van der Waals surface area contributed by atoms with Crippen LogP contribution in [0.5, 0.6) is 5.75 Å². The average Bonchev–Trinajstić information content (AvgIpc) is 2.52. The molecule has 104 valence electrons. The molecule has 2 aromatic rings. The lowest BCUT2D eigenvalue weighted by molar-refractivity contribution is 0.0947. The monoisotopic (exact) mass is 270 g/mol. The van der Waals surface area contributed by atoms with Gasteiger partial charge in [-0.1, -0.05) is 13.0 Å². The summed E-state index contributed by atoms with van der Waals surface area (Å²) in [6, 6.07) is 9.43. The van der Waals surface area contributed by atoms with Gasteiger partial charge in [0.15, 0.2) is 0 Å². The maximum atomic E-state index is 12.3. The van der Waals surface area contributed by atoms with E-state index in [1.165, 1.54) is 0 Å². The van der Waals surface area contributed by atoms with Crippen molar-refractivity contribution in [3.05, 3.63) is 59.4 Å². The van der Waals surface area contributed by atoms with Crippen LogP contribution in [0.2, 0.25) is 0 Å². The lowest BCUT2D eigenvalue weighted by atomic mass is 10.1. The molecule has 20 heavy (non-hydrogen) atoms. The lowest BCUT2D eigenvalue weighted by Gasteiger charge is -2.10. The first-order valence-electron chi connectivity index (χ1n) is 6.58. The van der Waals surface area contributed by atoms with E-state index >= 15 is 0 Å². The van der Waals surface area contributed by atoms with Gasteiger partial charge >= 0.3 is 0 Å². The number of nitrogens with zero attached hydrogens (tertiary/aromatic N) is 1. The van der Waals surface area contributed by atoms with Crippen LogP contribution >= 0.6 is 0 Å². The van der Waals surface area contributed by atoms with Crippen molar-refractivity contribution in [2.75, 3.05) is 7.11 Å². The third kappa shape index (κ3) is 3.35. The molecule has 0 saturated carbocycles.